The number of halogens is 2. The molecule has 0 spiro atoms. The lowest BCUT2D eigenvalue weighted by Gasteiger charge is -2.37. The number of carbonyl (C=O) groups is 3. The van der Waals surface area contributed by atoms with Crippen LogP contribution in [-0.4, -0.2) is 34.2 Å². The van der Waals surface area contributed by atoms with Crippen LogP contribution in [0.1, 0.15) is 22.3 Å². The van der Waals surface area contributed by atoms with Crippen molar-refractivity contribution >= 4 is 56.6 Å². The van der Waals surface area contributed by atoms with Gasteiger partial charge >= 0.3 is 0 Å². The molecular formula is C26H21BrClN3O5. The summed E-state index contributed by atoms with van der Waals surface area (Å²) in [7, 11) is 0. The van der Waals surface area contributed by atoms with Gasteiger partial charge in [-0.05, 0) is 82.8 Å². The van der Waals surface area contributed by atoms with Crippen molar-refractivity contribution < 1.29 is 19.3 Å². The van der Waals surface area contributed by atoms with Gasteiger partial charge in [0.2, 0.25) is 11.8 Å². The zero-order chi connectivity index (χ0) is 25.5. The Bertz CT molecular complexity index is 1340. The van der Waals surface area contributed by atoms with Crippen LogP contribution in [0.2, 0.25) is 5.02 Å². The molecule has 5 aliphatic rings. The van der Waals surface area contributed by atoms with Crippen molar-refractivity contribution in [2.75, 3.05) is 11.6 Å². The van der Waals surface area contributed by atoms with E-state index in [-0.39, 0.29) is 53.4 Å². The summed E-state index contributed by atoms with van der Waals surface area (Å²) >= 11 is 9.75. The number of nitrogens with zero attached hydrogens (tertiary/aromatic N) is 3. The van der Waals surface area contributed by atoms with E-state index in [0.29, 0.717) is 32.6 Å². The monoisotopic (exact) mass is 569 g/mol. The highest BCUT2D eigenvalue weighted by atomic mass is 79.9. The van der Waals surface area contributed by atoms with Gasteiger partial charge in [-0.3, -0.25) is 34.3 Å². The number of carbonyl (C=O) groups excluding carboxylic acids is 3. The molecule has 10 heteroatoms. The van der Waals surface area contributed by atoms with E-state index in [1.165, 1.54) is 34.1 Å². The van der Waals surface area contributed by atoms with Gasteiger partial charge in [0.05, 0.1) is 27.5 Å². The fourth-order valence-electron chi connectivity index (χ4n) is 6.36. The highest BCUT2D eigenvalue weighted by Crippen LogP contribution is 2.65. The summed E-state index contributed by atoms with van der Waals surface area (Å²) < 4.78 is 0.648. The SMILES string of the molecule is Cc1cc(Br)c(Cl)cc1N(CN1C(=O)C2C3C=CC(C4CC34)C2C1=O)C(=O)c1ccc([N+](=O)[O-])cc1. The van der Waals surface area contributed by atoms with Crippen molar-refractivity contribution in [1.82, 2.24) is 4.90 Å². The Kier molecular flexibility index (Phi) is 5.35. The minimum absolute atomic E-state index is 0.0779. The number of anilines is 1. The predicted molar refractivity (Wildman–Crippen MR) is 135 cm³/mol. The van der Waals surface area contributed by atoms with Crippen LogP contribution in [0.5, 0.6) is 0 Å². The Morgan fingerprint density at radius 3 is 2.25 bits per heavy atom. The Morgan fingerprint density at radius 2 is 1.69 bits per heavy atom. The summed E-state index contributed by atoms with van der Waals surface area (Å²) in [6.07, 6.45) is 5.28. The number of aryl methyl sites for hydroxylation is 1. The topological polar surface area (TPSA) is 101 Å². The van der Waals surface area contributed by atoms with Gasteiger partial charge in [-0.1, -0.05) is 23.8 Å². The van der Waals surface area contributed by atoms with Crippen LogP contribution in [-0.2, 0) is 9.59 Å². The van der Waals surface area contributed by atoms with Crippen molar-refractivity contribution in [2.24, 2.45) is 35.5 Å². The van der Waals surface area contributed by atoms with Crippen LogP contribution in [0.3, 0.4) is 0 Å². The molecule has 2 saturated carbocycles. The van der Waals surface area contributed by atoms with Crippen molar-refractivity contribution in [3.8, 4) is 0 Å². The minimum Gasteiger partial charge on any atom is -0.289 e. The summed E-state index contributed by atoms with van der Waals surface area (Å²) in [5, 5.41) is 11.4. The second kappa shape index (κ2) is 8.24. The molecule has 36 heavy (non-hydrogen) atoms. The van der Waals surface area contributed by atoms with Gasteiger partial charge in [-0.15, -0.1) is 0 Å². The summed E-state index contributed by atoms with van der Waals surface area (Å²) in [5.41, 5.74) is 1.21. The normalized spacial score (nSPS) is 29.2. The number of likely N-dealkylation sites (tertiary alicyclic amines) is 1. The average Bonchev–Trinajstić information content (AvgIpc) is 3.65. The molecule has 2 aromatic rings. The molecule has 7 rings (SSSR count). The third kappa shape index (κ3) is 3.43. The number of imide groups is 1. The summed E-state index contributed by atoms with van der Waals surface area (Å²) in [4.78, 5) is 54.0. The molecule has 1 saturated heterocycles. The van der Waals surface area contributed by atoms with Crippen LogP contribution in [0.25, 0.3) is 0 Å². The maximum absolute atomic E-state index is 13.7. The van der Waals surface area contributed by atoms with Crippen molar-refractivity contribution in [3.05, 3.63) is 79.3 Å². The number of nitro benzene ring substituents is 1. The molecule has 0 aromatic heterocycles. The number of allylic oxidation sites excluding steroid dienone is 2. The van der Waals surface area contributed by atoms with Crippen LogP contribution in [0, 0.1) is 52.5 Å². The van der Waals surface area contributed by atoms with Gasteiger partial charge in [-0.25, -0.2) is 0 Å². The predicted octanol–water partition coefficient (Wildman–Crippen LogP) is 4.98. The zero-order valence-corrected chi connectivity index (χ0v) is 21.5. The zero-order valence-electron chi connectivity index (χ0n) is 19.1. The van der Waals surface area contributed by atoms with E-state index in [9.17, 15) is 24.5 Å². The third-order valence-electron chi connectivity index (χ3n) is 8.14. The standard InChI is InChI=1S/C26H21BrClN3O5/c1-12-8-19(27)20(28)10-21(12)29(24(32)13-2-4-14(5-3-13)31(35)36)11-30-25(33)22-15-6-7-16(18-9-17(15)18)23(22)26(30)34/h2-8,10,15-18,22-23H,9,11H2,1H3. The number of amides is 3. The van der Waals surface area contributed by atoms with Crippen LogP contribution >= 0.6 is 27.5 Å². The molecule has 0 N–H and O–H groups in total. The van der Waals surface area contributed by atoms with Crippen molar-refractivity contribution in [1.29, 1.82) is 0 Å². The Hall–Kier alpha value is -3.04. The van der Waals surface area contributed by atoms with E-state index in [1.54, 1.807) is 19.1 Å². The highest BCUT2D eigenvalue weighted by Gasteiger charge is 2.67. The minimum atomic E-state index is -0.541. The van der Waals surface area contributed by atoms with Crippen LogP contribution in [0.15, 0.2) is 53.0 Å². The first-order valence-corrected chi connectivity index (χ1v) is 12.9. The second-order valence-corrected chi connectivity index (χ2v) is 11.3. The van der Waals surface area contributed by atoms with Gasteiger partial charge in [0.25, 0.3) is 11.6 Å². The summed E-state index contributed by atoms with van der Waals surface area (Å²) in [5.74, 6) is -0.612. The van der Waals surface area contributed by atoms with E-state index in [4.69, 9.17) is 11.6 Å². The maximum Gasteiger partial charge on any atom is 0.269 e. The van der Waals surface area contributed by atoms with Crippen LogP contribution in [0.4, 0.5) is 11.4 Å². The number of hydrogen-bond acceptors (Lipinski definition) is 5. The van der Waals surface area contributed by atoms with Gasteiger partial charge in [0.1, 0.15) is 6.67 Å². The highest BCUT2D eigenvalue weighted by molar-refractivity contribution is 9.10. The molecule has 4 aliphatic carbocycles. The molecule has 184 valence electrons. The fraction of sp³-hybridized carbons (Fsp3) is 0.346. The van der Waals surface area contributed by atoms with Gasteiger partial charge in [-0.2, -0.15) is 0 Å². The molecule has 0 radical (unpaired) electrons. The molecule has 6 atom stereocenters. The van der Waals surface area contributed by atoms with Crippen molar-refractivity contribution in [3.63, 3.8) is 0 Å². The summed E-state index contributed by atoms with van der Waals surface area (Å²) in [6.45, 7) is 1.55. The lowest BCUT2D eigenvalue weighted by molar-refractivity contribution is -0.384. The Balaban J connectivity index is 1.37. The number of benzene rings is 2. The largest absolute Gasteiger partial charge is 0.289 e. The first kappa shape index (κ1) is 23.4. The van der Waals surface area contributed by atoms with E-state index >= 15 is 0 Å². The third-order valence-corrected chi connectivity index (χ3v) is 9.33. The van der Waals surface area contributed by atoms with E-state index in [2.05, 4.69) is 28.1 Å². The Labute approximate surface area is 220 Å². The lowest BCUT2D eigenvalue weighted by atomic mass is 9.63. The Morgan fingerprint density at radius 1 is 1.11 bits per heavy atom. The molecule has 3 amide bonds. The van der Waals surface area contributed by atoms with E-state index in [1.807, 2.05) is 0 Å². The molecule has 6 unspecified atom stereocenters. The van der Waals surface area contributed by atoms with E-state index in [0.717, 1.165) is 6.42 Å². The molecule has 2 bridgehead atoms. The number of nitro groups is 1. The van der Waals surface area contributed by atoms with Gasteiger partial charge in [0.15, 0.2) is 0 Å². The van der Waals surface area contributed by atoms with E-state index < -0.39 is 10.8 Å². The van der Waals surface area contributed by atoms with Gasteiger partial charge in [0, 0.05) is 22.2 Å². The summed E-state index contributed by atoms with van der Waals surface area (Å²) in [6, 6.07) is 8.62. The van der Waals surface area contributed by atoms with Crippen LogP contribution < -0.4 is 4.90 Å². The quantitative estimate of drug-likeness (QED) is 0.219. The lowest BCUT2D eigenvalue weighted by Crippen LogP contribution is -2.45. The smallest absolute Gasteiger partial charge is 0.269 e. The maximum atomic E-state index is 13.7. The first-order valence-electron chi connectivity index (χ1n) is 11.7. The number of rotatable bonds is 5. The molecule has 2 aromatic carbocycles. The molecule has 3 fully saturated rings. The van der Waals surface area contributed by atoms with Crippen molar-refractivity contribution in [2.45, 2.75) is 13.3 Å². The number of hydrogen-bond donors (Lipinski definition) is 0. The molecule has 1 heterocycles. The molecule has 1 aliphatic heterocycles. The average molecular weight is 571 g/mol. The second-order valence-electron chi connectivity index (χ2n) is 9.99. The fourth-order valence-corrected chi connectivity index (χ4v) is 6.97. The molecule has 8 nitrogen and oxygen atoms in total. The number of non-ortho nitro benzene ring substituents is 1. The first-order chi connectivity index (χ1) is 17.2. The van der Waals surface area contributed by atoms with Gasteiger partial charge < -0.3 is 0 Å². The molecular weight excluding hydrogens is 550 g/mol.